The van der Waals surface area contributed by atoms with Crippen LogP contribution in [0.5, 0.6) is 0 Å². The van der Waals surface area contributed by atoms with Crippen molar-refractivity contribution in [3.8, 4) is 16.5 Å². The summed E-state index contributed by atoms with van der Waals surface area (Å²) in [5.74, 6) is -1.65. The van der Waals surface area contributed by atoms with Crippen LogP contribution in [0.1, 0.15) is 17.5 Å². The van der Waals surface area contributed by atoms with Gasteiger partial charge in [-0.2, -0.15) is 5.26 Å². The number of hydrogen-bond acceptors (Lipinski definition) is 4. The molecule has 6 heteroatoms. The lowest BCUT2D eigenvalue weighted by molar-refractivity contribution is -0.132. The second-order valence-corrected chi connectivity index (χ2v) is 5.12. The number of halogens is 1. The van der Waals surface area contributed by atoms with E-state index in [0.717, 1.165) is 9.75 Å². The molecule has 0 spiro atoms. The molecule has 4 nitrogen and oxygen atoms in total. The normalized spacial score (nSPS) is 11.2. The predicted molar refractivity (Wildman–Crippen MR) is 73.5 cm³/mol. The second-order valence-electron chi connectivity index (χ2n) is 4.00. The summed E-state index contributed by atoms with van der Waals surface area (Å²) in [5.41, 5.74) is 0.536. The molecular weight excluding hydrogens is 279 g/mol. The summed E-state index contributed by atoms with van der Waals surface area (Å²) in [5, 5.41) is 17.4. The minimum Gasteiger partial charge on any atom is -0.478 e. The maximum absolute atomic E-state index is 13.5. The van der Waals surface area contributed by atoms with Crippen LogP contribution in [0.4, 0.5) is 4.39 Å². The molecule has 20 heavy (non-hydrogen) atoms. The zero-order valence-electron chi connectivity index (χ0n) is 10.4. The van der Waals surface area contributed by atoms with Gasteiger partial charge in [0, 0.05) is 27.1 Å². The summed E-state index contributed by atoms with van der Waals surface area (Å²) in [6.45, 7) is 1.50. The van der Waals surface area contributed by atoms with Crippen molar-refractivity contribution in [1.82, 2.24) is 4.98 Å². The number of carboxylic acids is 1. The molecule has 1 N–H and O–H groups in total. The lowest BCUT2D eigenvalue weighted by atomic mass is 10.2. The molecule has 0 atom stereocenters. The number of aliphatic carboxylic acids is 1. The summed E-state index contributed by atoms with van der Waals surface area (Å²) >= 11 is 1.32. The SMILES string of the molecule is C/C(=C\c1ccc(-c2cnc(C#N)c(F)c2)s1)C(=O)O. The molecule has 0 saturated carbocycles. The smallest absolute Gasteiger partial charge is 0.331 e. The molecule has 0 saturated heterocycles. The third kappa shape index (κ3) is 2.90. The van der Waals surface area contributed by atoms with Gasteiger partial charge in [-0.3, -0.25) is 0 Å². The van der Waals surface area contributed by atoms with Crippen molar-refractivity contribution in [1.29, 1.82) is 5.26 Å². The van der Waals surface area contributed by atoms with Crippen LogP contribution in [-0.4, -0.2) is 16.1 Å². The van der Waals surface area contributed by atoms with E-state index in [1.807, 2.05) is 0 Å². The predicted octanol–water partition coefficient (Wildman–Crippen LogP) is 3.31. The molecule has 0 amide bonds. The first-order valence-electron chi connectivity index (χ1n) is 5.58. The third-order valence-corrected chi connectivity index (χ3v) is 3.64. The highest BCUT2D eigenvalue weighted by Gasteiger charge is 2.08. The molecule has 0 fully saturated rings. The van der Waals surface area contributed by atoms with Crippen LogP contribution in [0, 0.1) is 17.1 Å². The average Bonchev–Trinajstić information content (AvgIpc) is 2.87. The number of hydrogen-bond donors (Lipinski definition) is 1. The van der Waals surface area contributed by atoms with Crippen molar-refractivity contribution in [2.24, 2.45) is 0 Å². The molecule has 0 bridgehead atoms. The van der Waals surface area contributed by atoms with E-state index in [0.29, 0.717) is 5.56 Å². The van der Waals surface area contributed by atoms with E-state index in [2.05, 4.69) is 4.98 Å². The number of nitriles is 1. The molecule has 0 aliphatic rings. The first-order valence-corrected chi connectivity index (χ1v) is 6.40. The maximum Gasteiger partial charge on any atom is 0.331 e. The van der Waals surface area contributed by atoms with E-state index in [1.165, 1.54) is 30.5 Å². The van der Waals surface area contributed by atoms with Crippen molar-refractivity contribution < 1.29 is 14.3 Å². The van der Waals surface area contributed by atoms with Gasteiger partial charge in [-0.15, -0.1) is 11.3 Å². The number of carbonyl (C=O) groups is 1. The summed E-state index contributed by atoms with van der Waals surface area (Å²) in [6, 6.07) is 6.42. The monoisotopic (exact) mass is 288 g/mol. The number of nitrogens with zero attached hydrogens (tertiary/aromatic N) is 2. The Labute approximate surface area is 118 Å². The summed E-state index contributed by atoms with van der Waals surface area (Å²) in [7, 11) is 0. The van der Waals surface area contributed by atoms with Crippen molar-refractivity contribution in [3.63, 3.8) is 0 Å². The highest BCUT2D eigenvalue weighted by atomic mass is 32.1. The Hall–Kier alpha value is -2.52. The van der Waals surface area contributed by atoms with Gasteiger partial charge in [0.1, 0.15) is 6.07 Å². The number of carboxylic acid groups (broad SMARTS) is 1. The molecule has 2 aromatic rings. The van der Waals surface area contributed by atoms with Gasteiger partial charge in [0.05, 0.1) is 0 Å². The van der Waals surface area contributed by atoms with Crippen LogP contribution in [-0.2, 0) is 4.79 Å². The molecule has 0 aromatic carbocycles. The van der Waals surface area contributed by atoms with E-state index in [-0.39, 0.29) is 11.3 Å². The Kier molecular flexibility index (Phi) is 3.91. The zero-order chi connectivity index (χ0) is 14.7. The fraction of sp³-hybridized carbons (Fsp3) is 0.0714. The average molecular weight is 288 g/mol. The van der Waals surface area contributed by atoms with Crippen LogP contribution in [0.2, 0.25) is 0 Å². The number of thiophene rings is 1. The van der Waals surface area contributed by atoms with Gasteiger partial charge < -0.3 is 5.11 Å². The Morgan fingerprint density at radius 1 is 1.55 bits per heavy atom. The molecule has 0 aliphatic carbocycles. The van der Waals surface area contributed by atoms with E-state index >= 15 is 0 Å². The minimum atomic E-state index is -0.981. The van der Waals surface area contributed by atoms with Crippen molar-refractivity contribution in [3.05, 3.63) is 46.4 Å². The Morgan fingerprint density at radius 2 is 2.30 bits per heavy atom. The van der Waals surface area contributed by atoms with Crippen molar-refractivity contribution in [2.45, 2.75) is 6.92 Å². The minimum absolute atomic E-state index is 0.225. The fourth-order valence-corrected chi connectivity index (χ4v) is 2.51. The van der Waals surface area contributed by atoms with Gasteiger partial charge in [-0.05, 0) is 31.2 Å². The fourth-order valence-electron chi connectivity index (χ4n) is 1.52. The largest absolute Gasteiger partial charge is 0.478 e. The Bertz CT molecular complexity index is 744. The zero-order valence-corrected chi connectivity index (χ0v) is 11.2. The summed E-state index contributed by atoms with van der Waals surface area (Å²) < 4.78 is 13.5. The van der Waals surface area contributed by atoms with Gasteiger partial charge in [0.25, 0.3) is 0 Å². The van der Waals surface area contributed by atoms with E-state index < -0.39 is 11.8 Å². The van der Waals surface area contributed by atoms with Gasteiger partial charge in [-0.1, -0.05) is 0 Å². The van der Waals surface area contributed by atoms with Gasteiger partial charge >= 0.3 is 5.97 Å². The lowest BCUT2D eigenvalue weighted by Gasteiger charge is -1.98. The van der Waals surface area contributed by atoms with Crippen LogP contribution in [0.25, 0.3) is 16.5 Å². The van der Waals surface area contributed by atoms with E-state index in [1.54, 1.807) is 24.3 Å². The van der Waals surface area contributed by atoms with Crippen LogP contribution in [0.15, 0.2) is 30.0 Å². The topological polar surface area (TPSA) is 74.0 Å². The van der Waals surface area contributed by atoms with Crippen LogP contribution >= 0.6 is 11.3 Å². The maximum atomic E-state index is 13.5. The molecule has 2 rings (SSSR count). The van der Waals surface area contributed by atoms with E-state index in [9.17, 15) is 9.18 Å². The molecule has 0 aliphatic heterocycles. The Balaban J connectivity index is 2.34. The van der Waals surface area contributed by atoms with E-state index in [4.69, 9.17) is 10.4 Å². The first kappa shape index (κ1) is 13.9. The molecule has 0 unspecified atom stereocenters. The number of rotatable bonds is 3. The lowest BCUT2D eigenvalue weighted by Crippen LogP contribution is -1.94. The van der Waals surface area contributed by atoms with Crippen LogP contribution in [0.3, 0.4) is 0 Å². The van der Waals surface area contributed by atoms with Gasteiger partial charge in [0.15, 0.2) is 11.5 Å². The first-order chi connectivity index (χ1) is 9.51. The van der Waals surface area contributed by atoms with Crippen molar-refractivity contribution >= 4 is 23.4 Å². The standard InChI is InChI=1S/C14H9FN2O2S/c1-8(14(18)19)4-10-2-3-13(20-10)9-5-11(15)12(6-16)17-7-9/h2-5,7H,1H3,(H,18,19)/b8-4+. The molecule has 0 radical (unpaired) electrons. The number of aromatic nitrogens is 1. The van der Waals surface area contributed by atoms with Crippen molar-refractivity contribution in [2.75, 3.05) is 0 Å². The quantitative estimate of drug-likeness (QED) is 0.879. The second kappa shape index (κ2) is 5.63. The molecule has 100 valence electrons. The highest BCUT2D eigenvalue weighted by molar-refractivity contribution is 7.16. The van der Waals surface area contributed by atoms with Gasteiger partial charge in [0.2, 0.25) is 0 Å². The summed E-state index contributed by atoms with van der Waals surface area (Å²) in [4.78, 5) is 16.0. The molecular formula is C14H9FN2O2S. The Morgan fingerprint density at radius 3 is 2.90 bits per heavy atom. The third-order valence-electron chi connectivity index (χ3n) is 2.55. The molecule has 2 aromatic heterocycles. The van der Waals surface area contributed by atoms with Crippen LogP contribution < -0.4 is 0 Å². The number of pyridine rings is 1. The highest BCUT2D eigenvalue weighted by Crippen LogP contribution is 2.29. The van der Waals surface area contributed by atoms with Gasteiger partial charge in [-0.25, -0.2) is 14.2 Å². The summed E-state index contributed by atoms with van der Waals surface area (Å²) in [6.07, 6.45) is 2.97. The molecule has 2 heterocycles.